The molecule has 2 rings (SSSR count). The highest BCUT2D eigenvalue weighted by molar-refractivity contribution is 5.91. The minimum atomic E-state index is 0.0108. The molecule has 1 aromatic heterocycles. The zero-order valence-corrected chi connectivity index (χ0v) is 11.6. The summed E-state index contributed by atoms with van der Waals surface area (Å²) in [6.07, 6.45) is 4.00. The molecule has 0 radical (unpaired) electrons. The van der Waals surface area contributed by atoms with Crippen LogP contribution in [0, 0.1) is 13.8 Å². The molecule has 0 saturated heterocycles. The van der Waals surface area contributed by atoms with Crippen LogP contribution >= 0.6 is 0 Å². The molecule has 1 unspecified atom stereocenters. The minimum Gasteiger partial charge on any atom is -0.326 e. The van der Waals surface area contributed by atoms with Gasteiger partial charge in [0.25, 0.3) is 0 Å². The molecule has 4 heteroatoms. The van der Waals surface area contributed by atoms with Crippen LogP contribution in [0.25, 0.3) is 0 Å². The van der Waals surface area contributed by atoms with Crippen molar-refractivity contribution in [1.82, 2.24) is 9.78 Å². The largest absolute Gasteiger partial charge is 0.326 e. The van der Waals surface area contributed by atoms with E-state index in [1.54, 1.807) is 10.9 Å². The number of anilines is 1. The first kappa shape index (κ1) is 13.3. The number of hydrogen-bond acceptors (Lipinski definition) is 2. The third-order valence-electron chi connectivity index (χ3n) is 3.34. The molecule has 0 spiro atoms. The van der Waals surface area contributed by atoms with Crippen molar-refractivity contribution in [3.63, 3.8) is 0 Å². The number of carbonyl (C=O) groups excluding carboxylic acids is 1. The highest BCUT2D eigenvalue weighted by Crippen LogP contribution is 2.19. The van der Waals surface area contributed by atoms with Crippen molar-refractivity contribution < 1.29 is 4.79 Å². The van der Waals surface area contributed by atoms with Crippen molar-refractivity contribution >= 4 is 11.6 Å². The summed E-state index contributed by atoms with van der Waals surface area (Å²) in [5.41, 5.74) is 3.18. The highest BCUT2D eigenvalue weighted by Gasteiger charge is 2.12. The number of aryl methyl sites for hydroxylation is 1. The standard InChI is InChI=1S/C15H19N3O/c1-11-6-4-7-14(13(11)3)17-15(19)10-12(2)18-9-5-8-16-18/h4-9,12H,10H2,1-3H3,(H,17,19). The number of aromatic nitrogens is 2. The van der Waals surface area contributed by atoms with Gasteiger partial charge in [-0.2, -0.15) is 5.10 Å². The lowest BCUT2D eigenvalue weighted by molar-refractivity contribution is -0.116. The third-order valence-corrected chi connectivity index (χ3v) is 3.34. The van der Waals surface area contributed by atoms with Crippen LogP contribution in [0.1, 0.15) is 30.5 Å². The second-order valence-electron chi connectivity index (χ2n) is 4.83. The summed E-state index contributed by atoms with van der Waals surface area (Å²) in [5.74, 6) is 0.0108. The molecule has 1 heterocycles. The monoisotopic (exact) mass is 257 g/mol. The zero-order chi connectivity index (χ0) is 13.8. The van der Waals surface area contributed by atoms with Crippen LogP contribution in [-0.4, -0.2) is 15.7 Å². The van der Waals surface area contributed by atoms with Gasteiger partial charge < -0.3 is 5.32 Å². The van der Waals surface area contributed by atoms with Crippen LogP contribution in [-0.2, 0) is 4.79 Å². The molecule has 100 valence electrons. The summed E-state index contributed by atoms with van der Waals surface area (Å²) in [4.78, 5) is 12.0. The quantitative estimate of drug-likeness (QED) is 0.915. The molecule has 19 heavy (non-hydrogen) atoms. The molecule has 0 saturated carbocycles. The first-order valence-corrected chi connectivity index (χ1v) is 6.43. The Kier molecular flexibility index (Phi) is 4.00. The summed E-state index contributed by atoms with van der Waals surface area (Å²) >= 11 is 0. The van der Waals surface area contributed by atoms with Gasteiger partial charge in [0.1, 0.15) is 0 Å². The maximum atomic E-state index is 12.0. The van der Waals surface area contributed by atoms with E-state index in [9.17, 15) is 4.79 Å². The Hall–Kier alpha value is -2.10. The Bertz CT molecular complexity index is 561. The number of hydrogen-bond donors (Lipinski definition) is 1. The van der Waals surface area contributed by atoms with Crippen molar-refractivity contribution in [1.29, 1.82) is 0 Å². The maximum absolute atomic E-state index is 12.0. The summed E-state index contributed by atoms with van der Waals surface area (Å²) in [7, 11) is 0. The lowest BCUT2D eigenvalue weighted by atomic mass is 10.1. The van der Waals surface area contributed by atoms with E-state index in [4.69, 9.17) is 0 Å². The predicted octanol–water partition coefficient (Wildman–Crippen LogP) is 3.09. The smallest absolute Gasteiger partial charge is 0.226 e. The third kappa shape index (κ3) is 3.22. The first-order valence-electron chi connectivity index (χ1n) is 6.43. The average molecular weight is 257 g/mol. The van der Waals surface area contributed by atoms with Gasteiger partial charge in [0, 0.05) is 24.5 Å². The molecule has 1 aromatic carbocycles. The first-order chi connectivity index (χ1) is 9.08. The van der Waals surface area contributed by atoms with Crippen molar-refractivity contribution in [2.45, 2.75) is 33.2 Å². The van der Waals surface area contributed by atoms with E-state index in [0.717, 1.165) is 11.3 Å². The summed E-state index contributed by atoms with van der Waals surface area (Å²) < 4.78 is 1.79. The molecule has 0 fully saturated rings. The topological polar surface area (TPSA) is 46.9 Å². The lowest BCUT2D eigenvalue weighted by Gasteiger charge is -2.14. The van der Waals surface area contributed by atoms with Crippen molar-refractivity contribution in [2.75, 3.05) is 5.32 Å². The Balaban J connectivity index is 2.00. The fraction of sp³-hybridized carbons (Fsp3) is 0.333. The fourth-order valence-corrected chi connectivity index (χ4v) is 1.99. The van der Waals surface area contributed by atoms with E-state index >= 15 is 0 Å². The predicted molar refractivity (Wildman–Crippen MR) is 76.1 cm³/mol. The Morgan fingerprint density at radius 2 is 2.16 bits per heavy atom. The number of rotatable bonds is 4. The minimum absolute atomic E-state index is 0.0108. The second-order valence-corrected chi connectivity index (χ2v) is 4.83. The summed E-state index contributed by atoms with van der Waals surface area (Å²) in [6.45, 7) is 6.04. The van der Waals surface area contributed by atoms with Gasteiger partial charge in [0.2, 0.25) is 5.91 Å². The van der Waals surface area contributed by atoms with E-state index in [1.165, 1.54) is 5.56 Å². The molecule has 1 amide bonds. The molecule has 1 N–H and O–H groups in total. The van der Waals surface area contributed by atoms with Crippen LogP contribution in [0.4, 0.5) is 5.69 Å². The van der Waals surface area contributed by atoms with Crippen molar-refractivity contribution in [3.05, 3.63) is 47.8 Å². The van der Waals surface area contributed by atoms with Gasteiger partial charge in [-0.3, -0.25) is 9.48 Å². The van der Waals surface area contributed by atoms with E-state index in [1.807, 2.05) is 51.2 Å². The Morgan fingerprint density at radius 3 is 2.84 bits per heavy atom. The molecule has 1 atom stereocenters. The number of nitrogens with zero attached hydrogens (tertiary/aromatic N) is 2. The van der Waals surface area contributed by atoms with Gasteiger partial charge in [0.05, 0.1) is 6.04 Å². The number of amides is 1. The molecule has 4 nitrogen and oxygen atoms in total. The number of carbonyl (C=O) groups is 1. The summed E-state index contributed by atoms with van der Waals surface area (Å²) in [5, 5.41) is 7.11. The molecule has 0 bridgehead atoms. The van der Waals surface area contributed by atoms with Gasteiger partial charge in [-0.15, -0.1) is 0 Å². The zero-order valence-electron chi connectivity index (χ0n) is 11.6. The number of benzene rings is 1. The average Bonchev–Trinajstić information content (AvgIpc) is 2.88. The van der Waals surface area contributed by atoms with Crippen molar-refractivity contribution in [2.24, 2.45) is 0 Å². The maximum Gasteiger partial charge on any atom is 0.226 e. The molecule has 0 aliphatic rings. The van der Waals surface area contributed by atoms with Gasteiger partial charge >= 0.3 is 0 Å². The SMILES string of the molecule is Cc1cccc(NC(=O)CC(C)n2cccn2)c1C. The van der Waals surface area contributed by atoms with E-state index in [0.29, 0.717) is 6.42 Å². The molecule has 0 aliphatic carbocycles. The van der Waals surface area contributed by atoms with Gasteiger partial charge in [-0.25, -0.2) is 0 Å². The highest BCUT2D eigenvalue weighted by atomic mass is 16.1. The molecule has 2 aromatic rings. The van der Waals surface area contributed by atoms with Gasteiger partial charge in [-0.05, 0) is 44.0 Å². The van der Waals surface area contributed by atoms with Gasteiger partial charge in [0.15, 0.2) is 0 Å². The molecular formula is C15H19N3O. The van der Waals surface area contributed by atoms with Crippen LogP contribution in [0.2, 0.25) is 0 Å². The van der Waals surface area contributed by atoms with E-state index < -0.39 is 0 Å². The van der Waals surface area contributed by atoms with Gasteiger partial charge in [-0.1, -0.05) is 12.1 Å². The molecular weight excluding hydrogens is 238 g/mol. The van der Waals surface area contributed by atoms with Crippen LogP contribution in [0.5, 0.6) is 0 Å². The second kappa shape index (κ2) is 5.69. The fourth-order valence-electron chi connectivity index (χ4n) is 1.99. The van der Waals surface area contributed by atoms with Crippen molar-refractivity contribution in [3.8, 4) is 0 Å². The van der Waals surface area contributed by atoms with Crippen LogP contribution in [0.3, 0.4) is 0 Å². The number of nitrogens with one attached hydrogen (secondary N) is 1. The van der Waals surface area contributed by atoms with E-state index in [-0.39, 0.29) is 11.9 Å². The molecule has 0 aliphatic heterocycles. The normalized spacial score (nSPS) is 12.2. The van der Waals surface area contributed by atoms with Crippen LogP contribution in [0.15, 0.2) is 36.7 Å². The lowest BCUT2D eigenvalue weighted by Crippen LogP contribution is -2.18. The van der Waals surface area contributed by atoms with Crippen LogP contribution < -0.4 is 5.32 Å². The summed E-state index contributed by atoms with van der Waals surface area (Å²) in [6, 6.07) is 7.84. The Morgan fingerprint density at radius 1 is 1.37 bits per heavy atom. The van der Waals surface area contributed by atoms with E-state index in [2.05, 4.69) is 10.4 Å². The Labute approximate surface area is 113 Å².